The summed E-state index contributed by atoms with van der Waals surface area (Å²) in [5.74, 6) is -0.166. The number of benzene rings is 2. The van der Waals surface area contributed by atoms with E-state index in [1.165, 1.54) is 0 Å². The molecule has 4 rings (SSSR count). The average molecular weight is 371 g/mol. The van der Waals surface area contributed by atoms with Gasteiger partial charge in [-0.25, -0.2) is 9.97 Å². The lowest BCUT2D eigenvalue weighted by molar-refractivity contribution is -0.141. The molecule has 27 heavy (non-hydrogen) atoms. The Bertz CT molecular complexity index is 970. The second kappa shape index (κ2) is 6.35. The third-order valence-electron chi connectivity index (χ3n) is 4.54. The molecule has 1 aliphatic rings. The van der Waals surface area contributed by atoms with E-state index in [4.69, 9.17) is 0 Å². The van der Waals surface area contributed by atoms with E-state index < -0.39 is 17.5 Å². The summed E-state index contributed by atoms with van der Waals surface area (Å²) >= 11 is 0. The van der Waals surface area contributed by atoms with Gasteiger partial charge >= 0.3 is 6.18 Å². The van der Waals surface area contributed by atoms with Gasteiger partial charge in [0.2, 0.25) is 5.95 Å². The van der Waals surface area contributed by atoms with Crippen LogP contribution in [-0.2, 0) is 11.8 Å². The molecule has 138 valence electrons. The van der Waals surface area contributed by atoms with Gasteiger partial charge in [-0.3, -0.25) is 0 Å². The van der Waals surface area contributed by atoms with Gasteiger partial charge in [0.25, 0.3) is 0 Å². The highest BCUT2D eigenvalue weighted by Gasteiger charge is 2.44. The van der Waals surface area contributed by atoms with E-state index in [0.29, 0.717) is 24.1 Å². The minimum atomic E-state index is -4.55. The smallest absolute Gasteiger partial charge is 0.385 e. The number of nitrogens with one attached hydrogen (secondary N) is 1. The van der Waals surface area contributed by atoms with Crippen LogP contribution in [0.15, 0.2) is 60.8 Å². The highest BCUT2D eigenvalue weighted by molar-refractivity contribution is 5.73. The van der Waals surface area contributed by atoms with Gasteiger partial charge in [0.15, 0.2) is 0 Å². The van der Waals surface area contributed by atoms with Crippen molar-refractivity contribution in [2.24, 2.45) is 0 Å². The van der Waals surface area contributed by atoms with Gasteiger partial charge in [0.05, 0.1) is 5.60 Å². The summed E-state index contributed by atoms with van der Waals surface area (Å²) in [6, 6.07) is 15.9. The van der Waals surface area contributed by atoms with Crippen molar-refractivity contribution in [2.45, 2.75) is 24.6 Å². The molecule has 0 amide bonds. The van der Waals surface area contributed by atoms with Crippen molar-refractivity contribution in [1.82, 2.24) is 9.97 Å². The molecule has 0 bridgehead atoms. The number of halogens is 3. The molecule has 1 saturated carbocycles. The van der Waals surface area contributed by atoms with Crippen LogP contribution < -0.4 is 5.32 Å². The predicted molar refractivity (Wildman–Crippen MR) is 95.3 cm³/mol. The van der Waals surface area contributed by atoms with Crippen LogP contribution in [0.2, 0.25) is 0 Å². The lowest BCUT2D eigenvalue weighted by atomic mass is 9.98. The van der Waals surface area contributed by atoms with E-state index >= 15 is 0 Å². The Morgan fingerprint density at radius 2 is 1.70 bits per heavy atom. The number of anilines is 2. The molecule has 0 spiro atoms. The number of hydrogen-bond acceptors (Lipinski definition) is 4. The molecule has 0 atom stereocenters. The first kappa shape index (κ1) is 17.5. The van der Waals surface area contributed by atoms with Crippen LogP contribution in [0.3, 0.4) is 0 Å². The fourth-order valence-electron chi connectivity index (χ4n) is 2.95. The fraction of sp³-hybridized carbons (Fsp3) is 0.200. The third-order valence-corrected chi connectivity index (χ3v) is 4.54. The second-order valence-corrected chi connectivity index (χ2v) is 6.55. The summed E-state index contributed by atoms with van der Waals surface area (Å²) in [6.07, 6.45) is -2.28. The first-order chi connectivity index (χ1) is 12.9. The van der Waals surface area contributed by atoms with E-state index in [1.54, 1.807) is 12.1 Å². The normalized spacial score (nSPS) is 15.4. The van der Waals surface area contributed by atoms with E-state index in [1.807, 2.05) is 36.4 Å². The number of aromatic nitrogens is 2. The highest BCUT2D eigenvalue weighted by atomic mass is 19.4. The van der Waals surface area contributed by atoms with Crippen molar-refractivity contribution in [3.8, 4) is 11.1 Å². The van der Waals surface area contributed by atoms with Crippen LogP contribution in [0.25, 0.3) is 11.1 Å². The Labute approximate surface area is 153 Å². The molecule has 7 heteroatoms. The zero-order valence-electron chi connectivity index (χ0n) is 14.2. The van der Waals surface area contributed by atoms with Crippen LogP contribution in [0.4, 0.5) is 24.8 Å². The summed E-state index contributed by atoms with van der Waals surface area (Å²) in [7, 11) is 0. The van der Waals surface area contributed by atoms with Crippen LogP contribution in [0.1, 0.15) is 24.1 Å². The quantitative estimate of drug-likeness (QED) is 0.686. The van der Waals surface area contributed by atoms with Crippen LogP contribution >= 0.6 is 0 Å². The van der Waals surface area contributed by atoms with Crippen molar-refractivity contribution in [1.29, 1.82) is 0 Å². The molecular weight excluding hydrogens is 355 g/mol. The lowest BCUT2D eigenvalue weighted by Gasteiger charge is -2.17. The van der Waals surface area contributed by atoms with Gasteiger partial charge in [-0.1, -0.05) is 42.5 Å². The summed E-state index contributed by atoms with van der Waals surface area (Å²) in [6.45, 7) is 0. The van der Waals surface area contributed by atoms with Gasteiger partial charge in [-0.15, -0.1) is 0 Å². The molecule has 1 aliphatic carbocycles. The number of nitrogens with zero attached hydrogens (tertiary/aromatic N) is 2. The van der Waals surface area contributed by atoms with Crippen molar-refractivity contribution >= 4 is 11.6 Å². The number of aliphatic hydroxyl groups is 1. The largest absolute Gasteiger partial charge is 0.433 e. The zero-order chi connectivity index (χ0) is 19.1. The van der Waals surface area contributed by atoms with Gasteiger partial charge in [0, 0.05) is 17.4 Å². The Morgan fingerprint density at radius 1 is 0.963 bits per heavy atom. The summed E-state index contributed by atoms with van der Waals surface area (Å²) in [5.41, 5.74) is 0.974. The summed E-state index contributed by atoms with van der Waals surface area (Å²) in [4.78, 5) is 7.45. The maximum absolute atomic E-state index is 12.9. The molecule has 0 saturated heterocycles. The fourth-order valence-corrected chi connectivity index (χ4v) is 2.95. The Balaban J connectivity index is 1.74. The Morgan fingerprint density at radius 3 is 2.37 bits per heavy atom. The van der Waals surface area contributed by atoms with Crippen LogP contribution in [-0.4, -0.2) is 15.1 Å². The van der Waals surface area contributed by atoms with E-state index in [9.17, 15) is 18.3 Å². The molecule has 1 aromatic heterocycles. The average Bonchev–Trinajstić information content (AvgIpc) is 3.40. The van der Waals surface area contributed by atoms with Gasteiger partial charge in [-0.05, 0) is 36.1 Å². The standard InChI is InChI=1S/C20H16F3N3O/c21-20(22,23)17-8-11-24-18(26-17)25-16-12-14(13-4-2-1-3-5-13)6-7-15(16)19(27)9-10-19/h1-8,11-12,27H,9-10H2,(H,24,25,26). The molecule has 0 aliphatic heterocycles. The van der Waals surface area contributed by atoms with Crippen molar-refractivity contribution < 1.29 is 18.3 Å². The van der Waals surface area contributed by atoms with E-state index in [-0.39, 0.29) is 5.95 Å². The minimum Gasteiger partial charge on any atom is -0.385 e. The molecular formula is C20H16F3N3O. The zero-order valence-corrected chi connectivity index (χ0v) is 14.2. The molecule has 4 nitrogen and oxygen atoms in total. The SMILES string of the molecule is OC1(c2ccc(-c3ccccc3)cc2Nc2nccc(C(F)(F)F)n2)CC1. The second-order valence-electron chi connectivity index (χ2n) is 6.55. The first-order valence-corrected chi connectivity index (χ1v) is 8.45. The molecule has 2 aromatic carbocycles. The van der Waals surface area contributed by atoms with Crippen LogP contribution in [0, 0.1) is 0 Å². The first-order valence-electron chi connectivity index (χ1n) is 8.45. The lowest BCUT2D eigenvalue weighted by Crippen LogP contribution is -2.12. The van der Waals surface area contributed by atoms with Crippen molar-refractivity contribution in [3.63, 3.8) is 0 Å². The highest BCUT2D eigenvalue weighted by Crippen LogP contribution is 2.49. The molecule has 0 radical (unpaired) electrons. The molecule has 1 fully saturated rings. The van der Waals surface area contributed by atoms with Crippen molar-refractivity contribution in [2.75, 3.05) is 5.32 Å². The molecule has 1 heterocycles. The number of alkyl halides is 3. The minimum absolute atomic E-state index is 0.166. The summed E-state index contributed by atoms with van der Waals surface area (Å²) in [5, 5.41) is 13.4. The van der Waals surface area contributed by atoms with Gasteiger partial charge in [0.1, 0.15) is 5.69 Å². The maximum Gasteiger partial charge on any atom is 0.433 e. The van der Waals surface area contributed by atoms with Crippen LogP contribution in [0.5, 0.6) is 0 Å². The molecule has 3 aromatic rings. The third kappa shape index (κ3) is 3.64. The molecule has 2 N–H and O–H groups in total. The topological polar surface area (TPSA) is 58.0 Å². The number of hydrogen-bond donors (Lipinski definition) is 2. The van der Waals surface area contributed by atoms with Crippen molar-refractivity contribution in [3.05, 3.63) is 72.1 Å². The van der Waals surface area contributed by atoms with E-state index in [0.717, 1.165) is 23.4 Å². The monoisotopic (exact) mass is 371 g/mol. The number of rotatable bonds is 4. The van der Waals surface area contributed by atoms with Gasteiger partial charge in [-0.2, -0.15) is 13.2 Å². The maximum atomic E-state index is 12.9. The molecule has 0 unspecified atom stereocenters. The van der Waals surface area contributed by atoms with E-state index in [2.05, 4.69) is 15.3 Å². The predicted octanol–water partition coefficient (Wildman–Crippen LogP) is 4.89. The van der Waals surface area contributed by atoms with Gasteiger partial charge < -0.3 is 10.4 Å². The summed E-state index contributed by atoms with van der Waals surface area (Å²) < 4.78 is 38.7. The Kier molecular flexibility index (Phi) is 4.11. The Hall–Kier alpha value is -2.93.